The van der Waals surface area contributed by atoms with Gasteiger partial charge in [0.05, 0.1) is 18.9 Å². The van der Waals surface area contributed by atoms with Crippen molar-refractivity contribution in [2.45, 2.75) is 0 Å². The molecule has 5 nitrogen and oxygen atoms in total. The number of aryl methyl sites for hydroxylation is 1. The molecule has 2 aromatic rings. The first-order valence-corrected chi connectivity index (χ1v) is 4.37. The highest BCUT2D eigenvalue weighted by Gasteiger charge is 2.14. The van der Waals surface area contributed by atoms with E-state index in [0.717, 1.165) is 0 Å². The fraction of sp³-hybridized carbons (Fsp3) is 0.200. The van der Waals surface area contributed by atoms with Crippen LogP contribution in [0.2, 0.25) is 0 Å². The van der Waals surface area contributed by atoms with Gasteiger partial charge < -0.3 is 9.84 Å². The van der Waals surface area contributed by atoms with Crippen molar-refractivity contribution in [3.05, 3.63) is 23.9 Å². The molecular weight excluding hydrogens is 196 g/mol. The van der Waals surface area contributed by atoms with Gasteiger partial charge in [-0.15, -0.1) is 0 Å². The van der Waals surface area contributed by atoms with Gasteiger partial charge in [-0.3, -0.25) is 4.68 Å². The van der Waals surface area contributed by atoms with Crippen LogP contribution in [0.25, 0.3) is 10.9 Å². The lowest BCUT2D eigenvalue weighted by atomic mass is 10.1. The Morgan fingerprint density at radius 1 is 1.53 bits per heavy atom. The first kappa shape index (κ1) is 9.51. The van der Waals surface area contributed by atoms with E-state index in [9.17, 15) is 4.79 Å². The van der Waals surface area contributed by atoms with Gasteiger partial charge in [-0.2, -0.15) is 5.10 Å². The number of hydrogen-bond acceptors (Lipinski definition) is 3. The molecule has 0 fully saturated rings. The fourth-order valence-corrected chi connectivity index (χ4v) is 1.61. The average molecular weight is 206 g/mol. The van der Waals surface area contributed by atoms with Crippen molar-refractivity contribution in [1.29, 1.82) is 0 Å². The molecule has 0 aliphatic carbocycles. The van der Waals surface area contributed by atoms with Crippen LogP contribution in [0.5, 0.6) is 5.75 Å². The van der Waals surface area contributed by atoms with Gasteiger partial charge >= 0.3 is 5.97 Å². The summed E-state index contributed by atoms with van der Waals surface area (Å²) in [7, 11) is 3.29. The summed E-state index contributed by atoms with van der Waals surface area (Å²) in [4.78, 5) is 10.9. The van der Waals surface area contributed by atoms with Gasteiger partial charge in [-0.25, -0.2) is 4.79 Å². The lowest BCUT2D eigenvalue weighted by Crippen LogP contribution is -1.99. The van der Waals surface area contributed by atoms with Crippen molar-refractivity contribution in [2.24, 2.45) is 7.05 Å². The zero-order valence-electron chi connectivity index (χ0n) is 8.39. The topological polar surface area (TPSA) is 64.3 Å². The molecular formula is C10H10N2O3. The van der Waals surface area contributed by atoms with E-state index in [1.54, 1.807) is 24.9 Å². The van der Waals surface area contributed by atoms with Crippen molar-refractivity contribution >= 4 is 16.9 Å². The summed E-state index contributed by atoms with van der Waals surface area (Å²) in [5.41, 5.74) is 0.927. The molecule has 0 unspecified atom stereocenters. The summed E-state index contributed by atoms with van der Waals surface area (Å²) in [6.07, 6.45) is 1.53. The number of nitrogens with zero attached hydrogens (tertiary/aromatic N) is 2. The molecule has 0 aliphatic heterocycles. The molecule has 0 bridgehead atoms. The number of fused-ring (bicyclic) bond motifs is 1. The third kappa shape index (κ3) is 1.32. The third-order valence-corrected chi connectivity index (χ3v) is 2.31. The van der Waals surface area contributed by atoms with Gasteiger partial charge in [0.2, 0.25) is 0 Å². The summed E-state index contributed by atoms with van der Waals surface area (Å²) in [5.74, 6) is -0.342. The Morgan fingerprint density at radius 2 is 2.27 bits per heavy atom. The highest BCUT2D eigenvalue weighted by atomic mass is 16.5. The van der Waals surface area contributed by atoms with Crippen LogP contribution in [0.1, 0.15) is 10.4 Å². The SMILES string of the molecule is COc1ccc(C(=O)O)c2cnn(C)c12. The van der Waals surface area contributed by atoms with E-state index in [0.29, 0.717) is 16.7 Å². The molecule has 1 heterocycles. The summed E-state index contributed by atoms with van der Waals surface area (Å²) >= 11 is 0. The number of carboxylic acids is 1. The Morgan fingerprint density at radius 3 is 2.87 bits per heavy atom. The molecule has 2 rings (SSSR count). The Bertz CT molecular complexity index is 531. The molecule has 0 spiro atoms. The normalized spacial score (nSPS) is 10.5. The molecule has 1 aromatic carbocycles. The summed E-state index contributed by atoms with van der Waals surface area (Å²) < 4.78 is 6.75. The number of hydrogen-bond donors (Lipinski definition) is 1. The predicted octanol–water partition coefficient (Wildman–Crippen LogP) is 1.28. The largest absolute Gasteiger partial charge is 0.494 e. The lowest BCUT2D eigenvalue weighted by molar-refractivity contribution is 0.0699. The highest BCUT2D eigenvalue weighted by Crippen LogP contribution is 2.27. The molecule has 0 aliphatic rings. The molecule has 1 aromatic heterocycles. The molecule has 0 atom stereocenters. The van der Waals surface area contributed by atoms with Gasteiger partial charge in [-0.1, -0.05) is 0 Å². The maximum Gasteiger partial charge on any atom is 0.336 e. The quantitative estimate of drug-likeness (QED) is 0.803. The summed E-state index contributed by atoms with van der Waals surface area (Å²) in [5, 5.41) is 13.6. The number of carbonyl (C=O) groups is 1. The van der Waals surface area contributed by atoms with Crippen molar-refractivity contribution < 1.29 is 14.6 Å². The number of benzene rings is 1. The first-order chi connectivity index (χ1) is 7.15. The van der Waals surface area contributed by atoms with Crippen LogP contribution in [0.3, 0.4) is 0 Å². The van der Waals surface area contributed by atoms with Crippen molar-refractivity contribution in [3.63, 3.8) is 0 Å². The summed E-state index contributed by atoms with van der Waals surface area (Å²) in [6, 6.07) is 3.15. The van der Waals surface area contributed by atoms with Gasteiger partial charge in [0.1, 0.15) is 11.3 Å². The zero-order chi connectivity index (χ0) is 11.0. The second kappa shape index (κ2) is 3.27. The second-order valence-electron chi connectivity index (χ2n) is 3.15. The van der Waals surface area contributed by atoms with Gasteiger partial charge in [0.15, 0.2) is 0 Å². The molecule has 78 valence electrons. The van der Waals surface area contributed by atoms with Crippen LogP contribution >= 0.6 is 0 Å². The fourth-order valence-electron chi connectivity index (χ4n) is 1.61. The number of carboxylic acid groups (broad SMARTS) is 1. The predicted molar refractivity (Wildman–Crippen MR) is 54.2 cm³/mol. The molecule has 0 saturated carbocycles. The van der Waals surface area contributed by atoms with Crippen LogP contribution in [0.15, 0.2) is 18.3 Å². The maximum absolute atomic E-state index is 10.9. The Kier molecular flexibility index (Phi) is 2.07. The minimum atomic E-state index is -0.962. The second-order valence-corrected chi connectivity index (χ2v) is 3.15. The smallest absolute Gasteiger partial charge is 0.336 e. The monoisotopic (exact) mass is 206 g/mol. The van der Waals surface area contributed by atoms with E-state index in [4.69, 9.17) is 9.84 Å². The molecule has 0 radical (unpaired) electrons. The number of methoxy groups -OCH3 is 1. The van der Waals surface area contributed by atoms with E-state index >= 15 is 0 Å². The van der Waals surface area contributed by atoms with E-state index < -0.39 is 5.97 Å². The number of ether oxygens (including phenoxy) is 1. The van der Waals surface area contributed by atoms with Crippen molar-refractivity contribution in [1.82, 2.24) is 9.78 Å². The van der Waals surface area contributed by atoms with E-state index in [-0.39, 0.29) is 5.56 Å². The molecule has 0 saturated heterocycles. The summed E-state index contributed by atoms with van der Waals surface area (Å²) in [6.45, 7) is 0. The lowest BCUT2D eigenvalue weighted by Gasteiger charge is -2.04. The van der Waals surface area contributed by atoms with Crippen molar-refractivity contribution in [2.75, 3.05) is 7.11 Å². The Labute approximate surface area is 85.9 Å². The minimum absolute atomic E-state index is 0.235. The Hall–Kier alpha value is -2.04. The van der Waals surface area contributed by atoms with Crippen LogP contribution in [-0.2, 0) is 7.05 Å². The third-order valence-electron chi connectivity index (χ3n) is 2.31. The number of aromatic carboxylic acids is 1. The number of aromatic nitrogens is 2. The van der Waals surface area contributed by atoms with Crippen LogP contribution in [-0.4, -0.2) is 28.0 Å². The van der Waals surface area contributed by atoms with E-state index in [2.05, 4.69) is 5.10 Å². The van der Waals surface area contributed by atoms with Crippen LogP contribution in [0, 0.1) is 0 Å². The van der Waals surface area contributed by atoms with Gasteiger partial charge in [0.25, 0.3) is 0 Å². The van der Waals surface area contributed by atoms with Crippen LogP contribution in [0.4, 0.5) is 0 Å². The van der Waals surface area contributed by atoms with Crippen molar-refractivity contribution in [3.8, 4) is 5.75 Å². The Balaban J connectivity index is 2.85. The van der Waals surface area contributed by atoms with Gasteiger partial charge in [0, 0.05) is 12.4 Å². The molecule has 15 heavy (non-hydrogen) atoms. The first-order valence-electron chi connectivity index (χ1n) is 4.37. The minimum Gasteiger partial charge on any atom is -0.494 e. The molecule has 1 N–H and O–H groups in total. The van der Waals surface area contributed by atoms with Gasteiger partial charge in [-0.05, 0) is 12.1 Å². The molecule has 5 heteroatoms. The highest BCUT2D eigenvalue weighted by molar-refractivity contribution is 6.04. The average Bonchev–Trinajstić information content (AvgIpc) is 2.60. The van der Waals surface area contributed by atoms with E-state index in [1.165, 1.54) is 12.3 Å². The zero-order valence-corrected chi connectivity index (χ0v) is 8.39. The number of rotatable bonds is 2. The molecule has 0 amide bonds. The van der Waals surface area contributed by atoms with E-state index in [1.807, 2.05) is 0 Å². The van der Waals surface area contributed by atoms with Crippen LogP contribution < -0.4 is 4.74 Å². The standard InChI is InChI=1S/C10H10N2O3/c1-12-9-7(5-11-12)6(10(13)14)3-4-8(9)15-2/h3-5H,1-2H3,(H,13,14). The maximum atomic E-state index is 10.9.